The fourth-order valence-electron chi connectivity index (χ4n) is 2.92. The molecule has 0 saturated heterocycles. The van der Waals surface area contributed by atoms with Crippen molar-refractivity contribution in [1.82, 2.24) is 0 Å². The van der Waals surface area contributed by atoms with Crippen LogP contribution in [0.25, 0.3) is 0 Å². The van der Waals surface area contributed by atoms with Gasteiger partial charge < -0.3 is 0 Å². The third-order valence-corrected chi connectivity index (χ3v) is 4.38. The Balaban J connectivity index is 2.83. The first-order valence-corrected chi connectivity index (χ1v) is 8.29. The van der Waals surface area contributed by atoms with Crippen LogP contribution in [0.3, 0.4) is 0 Å². The van der Waals surface area contributed by atoms with Gasteiger partial charge in [-0.05, 0) is 56.6 Å². The van der Waals surface area contributed by atoms with E-state index in [9.17, 15) is 4.39 Å². The summed E-state index contributed by atoms with van der Waals surface area (Å²) in [7, 11) is 1.56. The van der Waals surface area contributed by atoms with Gasteiger partial charge in [0.25, 0.3) is 0 Å². The molecule has 0 aliphatic heterocycles. The van der Waals surface area contributed by atoms with E-state index in [1.54, 1.807) is 20.0 Å². The third-order valence-electron chi connectivity index (χ3n) is 4.38. The van der Waals surface area contributed by atoms with Gasteiger partial charge >= 0.3 is 0 Å². The maximum absolute atomic E-state index is 13.5. The van der Waals surface area contributed by atoms with E-state index in [4.69, 9.17) is 0 Å². The normalized spacial score (nSPS) is 20.9. The molecular formula is C21H30FN. The van der Waals surface area contributed by atoms with Crippen LogP contribution in [-0.4, -0.2) is 13.3 Å². The van der Waals surface area contributed by atoms with Gasteiger partial charge in [0, 0.05) is 7.05 Å². The van der Waals surface area contributed by atoms with Crippen LogP contribution in [0.15, 0.2) is 63.5 Å². The molecule has 0 radical (unpaired) electrons. The Morgan fingerprint density at radius 1 is 1.22 bits per heavy atom. The fourth-order valence-corrected chi connectivity index (χ4v) is 2.92. The highest BCUT2D eigenvalue weighted by Crippen LogP contribution is 2.40. The van der Waals surface area contributed by atoms with Gasteiger partial charge in [0.1, 0.15) is 5.83 Å². The van der Waals surface area contributed by atoms with Crippen LogP contribution < -0.4 is 0 Å². The molecule has 1 nitrogen and oxygen atoms in total. The molecule has 0 fully saturated rings. The third kappa shape index (κ3) is 6.13. The first-order valence-electron chi connectivity index (χ1n) is 8.29. The van der Waals surface area contributed by atoms with Crippen molar-refractivity contribution in [2.75, 3.05) is 7.05 Å². The molecule has 23 heavy (non-hydrogen) atoms. The minimum atomic E-state index is -0.296. The molecule has 1 aliphatic rings. The minimum Gasteiger partial charge on any atom is -0.293 e. The number of hydrogen-bond acceptors (Lipinski definition) is 1. The molecule has 0 atom stereocenters. The molecule has 0 amide bonds. The van der Waals surface area contributed by atoms with Crippen molar-refractivity contribution in [3.05, 3.63) is 58.5 Å². The maximum Gasteiger partial charge on any atom is 0.143 e. The van der Waals surface area contributed by atoms with E-state index in [-0.39, 0.29) is 11.2 Å². The van der Waals surface area contributed by atoms with E-state index in [0.717, 1.165) is 5.57 Å². The van der Waals surface area contributed by atoms with E-state index in [2.05, 4.69) is 44.8 Å². The summed E-state index contributed by atoms with van der Waals surface area (Å²) in [6.45, 7) is 10.7. The van der Waals surface area contributed by atoms with Crippen LogP contribution in [0.2, 0.25) is 0 Å². The standard InChI is InChI=1S/C21H30FN/c1-16(9-7-10-18(3)20(22)15-23-6)12-13-19-17(2)11-8-14-21(19,4)5/h7,9-10,12-13,15H,8,11,14H2,1-6H3/b10-7+,13-12+,16-9+,20-18-,23-15?. The SMILES string of the molecule is CN=C/C(F)=C(C)/C=C/C=C(C)/C=C/C1=C(C)CCCC1(C)C. The summed E-state index contributed by atoms with van der Waals surface area (Å²) in [5.41, 5.74) is 4.95. The predicted molar refractivity (Wildman–Crippen MR) is 101 cm³/mol. The second-order valence-electron chi connectivity index (χ2n) is 6.95. The average molecular weight is 315 g/mol. The van der Waals surface area contributed by atoms with Crippen molar-refractivity contribution in [3.63, 3.8) is 0 Å². The lowest BCUT2D eigenvalue weighted by Crippen LogP contribution is -2.19. The summed E-state index contributed by atoms with van der Waals surface area (Å²) in [5, 5.41) is 0. The Morgan fingerprint density at radius 2 is 1.91 bits per heavy atom. The molecule has 0 aromatic carbocycles. The predicted octanol–water partition coefficient (Wildman–Crippen LogP) is 6.52. The lowest BCUT2D eigenvalue weighted by Gasteiger charge is -2.32. The Hall–Kier alpha value is -1.70. The second-order valence-corrected chi connectivity index (χ2v) is 6.95. The number of aliphatic imine (C=N–C) groups is 1. The van der Waals surface area contributed by atoms with Crippen molar-refractivity contribution in [1.29, 1.82) is 0 Å². The molecular weight excluding hydrogens is 285 g/mol. The van der Waals surface area contributed by atoms with Crippen molar-refractivity contribution < 1.29 is 4.39 Å². The number of rotatable bonds is 5. The van der Waals surface area contributed by atoms with Gasteiger partial charge in [0.2, 0.25) is 0 Å². The van der Waals surface area contributed by atoms with Crippen LogP contribution in [0, 0.1) is 5.41 Å². The second kappa shape index (κ2) is 8.81. The summed E-state index contributed by atoms with van der Waals surface area (Å²) < 4.78 is 13.5. The van der Waals surface area contributed by atoms with Crippen LogP contribution in [0.1, 0.15) is 53.9 Å². The van der Waals surface area contributed by atoms with Crippen molar-refractivity contribution >= 4 is 6.21 Å². The summed E-state index contributed by atoms with van der Waals surface area (Å²) in [5.74, 6) is -0.296. The molecule has 0 unspecified atom stereocenters. The number of allylic oxidation sites excluding steroid dienone is 10. The molecule has 0 bridgehead atoms. The number of halogens is 1. The highest BCUT2D eigenvalue weighted by molar-refractivity contribution is 5.77. The molecule has 0 aromatic rings. The van der Waals surface area contributed by atoms with E-state index >= 15 is 0 Å². The van der Waals surface area contributed by atoms with E-state index in [1.165, 1.54) is 36.6 Å². The molecule has 0 aromatic heterocycles. The molecule has 1 aliphatic carbocycles. The quantitative estimate of drug-likeness (QED) is 0.405. The summed E-state index contributed by atoms with van der Waals surface area (Å²) in [4.78, 5) is 3.68. The summed E-state index contributed by atoms with van der Waals surface area (Å²) in [6, 6.07) is 0. The van der Waals surface area contributed by atoms with Gasteiger partial charge in [-0.15, -0.1) is 0 Å². The molecule has 1 rings (SSSR count). The van der Waals surface area contributed by atoms with Gasteiger partial charge in [-0.2, -0.15) is 0 Å². The van der Waals surface area contributed by atoms with Gasteiger partial charge in [-0.25, -0.2) is 4.39 Å². The van der Waals surface area contributed by atoms with Gasteiger partial charge in [-0.1, -0.05) is 55.4 Å². The van der Waals surface area contributed by atoms with Crippen LogP contribution in [-0.2, 0) is 0 Å². The highest BCUT2D eigenvalue weighted by atomic mass is 19.1. The van der Waals surface area contributed by atoms with Crippen molar-refractivity contribution in [2.24, 2.45) is 10.4 Å². The molecule has 0 spiro atoms. The Kier molecular flexibility index (Phi) is 7.41. The molecule has 2 heteroatoms. The van der Waals surface area contributed by atoms with Crippen molar-refractivity contribution in [2.45, 2.75) is 53.9 Å². The molecule has 0 saturated carbocycles. The fraction of sp³-hybridized carbons (Fsp3) is 0.476. The van der Waals surface area contributed by atoms with Gasteiger partial charge in [0.15, 0.2) is 0 Å². The monoisotopic (exact) mass is 315 g/mol. The lowest BCUT2D eigenvalue weighted by atomic mass is 9.72. The van der Waals surface area contributed by atoms with E-state index in [0.29, 0.717) is 5.57 Å². The van der Waals surface area contributed by atoms with Gasteiger partial charge in [0.05, 0.1) is 6.21 Å². The first-order chi connectivity index (χ1) is 10.8. The van der Waals surface area contributed by atoms with E-state index < -0.39 is 0 Å². The average Bonchev–Trinajstić information content (AvgIpc) is 2.46. The summed E-state index contributed by atoms with van der Waals surface area (Å²) >= 11 is 0. The Bertz CT molecular complexity index is 595. The maximum atomic E-state index is 13.5. The number of hydrogen-bond donors (Lipinski definition) is 0. The van der Waals surface area contributed by atoms with Crippen LogP contribution >= 0.6 is 0 Å². The smallest absolute Gasteiger partial charge is 0.143 e. The van der Waals surface area contributed by atoms with E-state index in [1.807, 2.05) is 12.2 Å². The zero-order chi connectivity index (χ0) is 17.5. The topological polar surface area (TPSA) is 12.4 Å². The minimum absolute atomic E-state index is 0.261. The number of nitrogens with zero attached hydrogens (tertiary/aromatic N) is 1. The van der Waals surface area contributed by atoms with Gasteiger partial charge in [-0.3, -0.25) is 4.99 Å². The van der Waals surface area contributed by atoms with Crippen molar-refractivity contribution in [3.8, 4) is 0 Å². The molecule has 126 valence electrons. The summed E-state index contributed by atoms with van der Waals surface area (Å²) in [6.07, 6.45) is 15.0. The Morgan fingerprint density at radius 3 is 2.52 bits per heavy atom. The zero-order valence-corrected chi connectivity index (χ0v) is 15.4. The molecule has 0 heterocycles. The first kappa shape index (κ1) is 19.3. The lowest BCUT2D eigenvalue weighted by molar-refractivity contribution is 0.377. The largest absolute Gasteiger partial charge is 0.293 e. The zero-order valence-electron chi connectivity index (χ0n) is 15.4. The van der Waals surface area contributed by atoms with Crippen LogP contribution in [0.4, 0.5) is 4.39 Å². The molecule has 0 N–H and O–H groups in total. The van der Waals surface area contributed by atoms with Crippen LogP contribution in [0.5, 0.6) is 0 Å². The Labute approximate surface area is 141 Å². The highest BCUT2D eigenvalue weighted by Gasteiger charge is 2.26.